The Hall–Kier alpha value is -7.09. The maximum Gasteiger partial charge on any atom is 0.0702 e. The molecule has 1 nitrogen and oxygen atoms in total. The Bertz CT molecular complexity index is 2630. The molecule has 0 spiro atoms. The second-order valence-electron chi connectivity index (χ2n) is 13.5. The molecule has 1 aromatic heterocycles. The minimum Gasteiger partial charge on any atom is -0.256 e. The molecular formula is C53H37N. The molecule has 0 aliphatic carbocycles. The predicted octanol–water partition coefficient (Wildman–Crippen LogP) is 14.4. The van der Waals surface area contributed by atoms with E-state index >= 15 is 0 Å². The lowest BCUT2D eigenvalue weighted by molar-refractivity contribution is 1.33. The van der Waals surface area contributed by atoms with Gasteiger partial charge in [0.05, 0.1) is 5.69 Å². The van der Waals surface area contributed by atoms with Crippen molar-refractivity contribution in [3.05, 3.63) is 225 Å². The Morgan fingerprint density at radius 3 is 0.907 bits per heavy atom. The Balaban J connectivity index is 1.50. The van der Waals surface area contributed by atoms with Gasteiger partial charge < -0.3 is 0 Å². The smallest absolute Gasteiger partial charge is 0.0702 e. The molecule has 9 rings (SSSR count). The van der Waals surface area contributed by atoms with E-state index in [2.05, 4.69) is 212 Å². The van der Waals surface area contributed by atoms with Crippen molar-refractivity contribution in [3.8, 4) is 89.1 Å². The third-order valence-corrected chi connectivity index (χ3v) is 10.1. The molecule has 0 atom stereocenters. The van der Waals surface area contributed by atoms with Crippen molar-refractivity contribution >= 4 is 0 Å². The van der Waals surface area contributed by atoms with Gasteiger partial charge in [0.15, 0.2) is 0 Å². The van der Waals surface area contributed by atoms with Crippen molar-refractivity contribution in [2.45, 2.75) is 0 Å². The maximum absolute atomic E-state index is 4.77. The molecule has 1 heteroatoms. The molecule has 254 valence electrons. The summed E-state index contributed by atoms with van der Waals surface area (Å²) in [6.45, 7) is 0. The van der Waals surface area contributed by atoms with Crippen LogP contribution in [0.3, 0.4) is 0 Å². The summed E-state index contributed by atoms with van der Waals surface area (Å²) in [4.78, 5) is 4.77. The second kappa shape index (κ2) is 14.9. The van der Waals surface area contributed by atoms with Crippen molar-refractivity contribution in [3.63, 3.8) is 0 Å². The standard InChI is InChI=1S/C53H37N/c1-6-19-38(20-7-1)39-32-34-44(35-33-39)52-50(42-25-12-4-13-26-42)48(40-21-8-2-9-22-40)49(41-23-10-3-11-24-41)51(43-27-14-5-15-28-43)53(52)46-30-18-29-45(37-46)47-31-16-17-36-54-47/h1-37H. The third-order valence-electron chi connectivity index (χ3n) is 10.1. The van der Waals surface area contributed by atoms with Crippen molar-refractivity contribution in [1.29, 1.82) is 0 Å². The van der Waals surface area contributed by atoms with Crippen LogP contribution in [0, 0.1) is 0 Å². The molecule has 9 aromatic rings. The van der Waals surface area contributed by atoms with Crippen LogP contribution in [0.25, 0.3) is 89.1 Å². The number of rotatable bonds is 8. The van der Waals surface area contributed by atoms with Gasteiger partial charge in [-0.2, -0.15) is 0 Å². The summed E-state index contributed by atoms with van der Waals surface area (Å²) in [5.41, 5.74) is 18.5. The van der Waals surface area contributed by atoms with Crippen LogP contribution in [0.15, 0.2) is 225 Å². The second-order valence-corrected chi connectivity index (χ2v) is 13.5. The van der Waals surface area contributed by atoms with E-state index in [-0.39, 0.29) is 0 Å². The summed E-state index contributed by atoms with van der Waals surface area (Å²) in [6, 6.07) is 78.5. The number of hydrogen-bond donors (Lipinski definition) is 0. The zero-order valence-corrected chi connectivity index (χ0v) is 29.8. The van der Waals surface area contributed by atoms with Gasteiger partial charge in [0.25, 0.3) is 0 Å². The maximum atomic E-state index is 4.77. The van der Waals surface area contributed by atoms with E-state index < -0.39 is 0 Å². The SMILES string of the molecule is c1ccc(-c2ccc(-c3c(-c4ccccc4)c(-c4ccccc4)c(-c4ccccc4)c(-c4ccccc4)c3-c3cccc(-c4ccccn4)c3)cc2)cc1. The monoisotopic (exact) mass is 687 g/mol. The van der Waals surface area contributed by atoms with Gasteiger partial charge >= 0.3 is 0 Å². The van der Waals surface area contributed by atoms with E-state index in [9.17, 15) is 0 Å². The lowest BCUT2D eigenvalue weighted by Crippen LogP contribution is -2.02. The van der Waals surface area contributed by atoms with Crippen molar-refractivity contribution < 1.29 is 0 Å². The van der Waals surface area contributed by atoms with E-state index in [0.29, 0.717) is 0 Å². The van der Waals surface area contributed by atoms with Gasteiger partial charge in [-0.05, 0) is 96.1 Å². The third kappa shape index (κ3) is 6.34. The average molecular weight is 688 g/mol. The molecule has 1 heterocycles. The highest BCUT2D eigenvalue weighted by Crippen LogP contribution is 2.56. The van der Waals surface area contributed by atoms with Gasteiger partial charge in [0.2, 0.25) is 0 Å². The number of pyridine rings is 1. The molecule has 0 unspecified atom stereocenters. The van der Waals surface area contributed by atoms with Gasteiger partial charge in [0, 0.05) is 11.8 Å². The van der Waals surface area contributed by atoms with Gasteiger partial charge in [0.1, 0.15) is 0 Å². The zero-order chi connectivity index (χ0) is 36.1. The highest BCUT2D eigenvalue weighted by molar-refractivity contribution is 6.15. The van der Waals surface area contributed by atoms with Crippen LogP contribution in [0.1, 0.15) is 0 Å². The lowest BCUT2D eigenvalue weighted by atomic mass is 9.74. The Morgan fingerprint density at radius 1 is 0.204 bits per heavy atom. The van der Waals surface area contributed by atoms with Gasteiger partial charge in [-0.25, -0.2) is 0 Å². The summed E-state index contributed by atoms with van der Waals surface area (Å²) in [7, 11) is 0. The van der Waals surface area contributed by atoms with Gasteiger partial charge in [-0.15, -0.1) is 0 Å². The molecule has 0 fully saturated rings. The molecule has 0 saturated carbocycles. The highest BCUT2D eigenvalue weighted by Gasteiger charge is 2.29. The first-order chi connectivity index (χ1) is 26.8. The first kappa shape index (κ1) is 32.8. The van der Waals surface area contributed by atoms with Crippen LogP contribution in [0.5, 0.6) is 0 Å². The summed E-state index contributed by atoms with van der Waals surface area (Å²) < 4.78 is 0. The van der Waals surface area contributed by atoms with Crippen molar-refractivity contribution in [2.24, 2.45) is 0 Å². The molecule has 0 saturated heterocycles. The molecule has 54 heavy (non-hydrogen) atoms. The van der Waals surface area contributed by atoms with Gasteiger partial charge in [-0.3, -0.25) is 4.98 Å². The number of hydrogen-bond acceptors (Lipinski definition) is 1. The van der Waals surface area contributed by atoms with E-state index in [1.54, 1.807) is 0 Å². The van der Waals surface area contributed by atoms with Crippen LogP contribution in [-0.4, -0.2) is 4.98 Å². The topological polar surface area (TPSA) is 12.9 Å². The fraction of sp³-hybridized carbons (Fsp3) is 0. The van der Waals surface area contributed by atoms with Crippen molar-refractivity contribution in [1.82, 2.24) is 4.98 Å². The number of nitrogens with zero attached hydrogens (tertiary/aromatic N) is 1. The normalized spacial score (nSPS) is 11.0. The molecular weight excluding hydrogens is 651 g/mol. The molecule has 0 radical (unpaired) electrons. The van der Waals surface area contributed by atoms with Crippen LogP contribution in [0.2, 0.25) is 0 Å². The van der Waals surface area contributed by atoms with E-state index in [1.165, 1.54) is 55.6 Å². The molecule has 0 N–H and O–H groups in total. The summed E-state index contributed by atoms with van der Waals surface area (Å²) in [5, 5.41) is 0. The molecule has 0 bridgehead atoms. The summed E-state index contributed by atoms with van der Waals surface area (Å²) >= 11 is 0. The van der Waals surface area contributed by atoms with Crippen LogP contribution >= 0.6 is 0 Å². The Kier molecular flexibility index (Phi) is 9.03. The summed E-state index contributed by atoms with van der Waals surface area (Å²) in [6.07, 6.45) is 1.87. The van der Waals surface area contributed by atoms with Crippen molar-refractivity contribution in [2.75, 3.05) is 0 Å². The summed E-state index contributed by atoms with van der Waals surface area (Å²) in [5.74, 6) is 0. The van der Waals surface area contributed by atoms with Crippen LogP contribution in [0.4, 0.5) is 0 Å². The highest BCUT2D eigenvalue weighted by atomic mass is 14.7. The van der Waals surface area contributed by atoms with Gasteiger partial charge in [-0.1, -0.05) is 200 Å². The van der Waals surface area contributed by atoms with E-state index in [4.69, 9.17) is 4.98 Å². The molecule has 8 aromatic carbocycles. The number of benzene rings is 8. The average Bonchev–Trinajstić information content (AvgIpc) is 3.27. The first-order valence-electron chi connectivity index (χ1n) is 18.5. The predicted molar refractivity (Wildman–Crippen MR) is 228 cm³/mol. The first-order valence-corrected chi connectivity index (χ1v) is 18.5. The zero-order valence-electron chi connectivity index (χ0n) is 29.8. The molecule has 0 aliphatic heterocycles. The fourth-order valence-electron chi connectivity index (χ4n) is 7.73. The lowest BCUT2D eigenvalue weighted by Gasteiger charge is -2.29. The number of aromatic nitrogens is 1. The minimum atomic E-state index is 0.946. The Morgan fingerprint density at radius 2 is 0.500 bits per heavy atom. The quantitative estimate of drug-likeness (QED) is 0.155. The van der Waals surface area contributed by atoms with E-state index in [0.717, 1.165) is 33.5 Å². The van der Waals surface area contributed by atoms with Crippen LogP contribution < -0.4 is 0 Å². The van der Waals surface area contributed by atoms with E-state index in [1.807, 2.05) is 12.3 Å². The molecule has 0 amide bonds. The largest absolute Gasteiger partial charge is 0.256 e. The molecule has 0 aliphatic rings. The fourth-order valence-corrected chi connectivity index (χ4v) is 7.73. The Labute approximate surface area is 317 Å². The minimum absolute atomic E-state index is 0.946. The van der Waals surface area contributed by atoms with Crippen LogP contribution in [-0.2, 0) is 0 Å².